The maximum Gasteiger partial charge on any atom is 0.317 e. The fourth-order valence-corrected chi connectivity index (χ4v) is 1.38. The second-order valence-corrected chi connectivity index (χ2v) is 3.81. The van der Waals surface area contributed by atoms with Crippen molar-refractivity contribution < 1.29 is 4.74 Å². The van der Waals surface area contributed by atoms with E-state index < -0.39 is 0 Å². The zero-order valence-corrected chi connectivity index (χ0v) is 9.95. The van der Waals surface area contributed by atoms with Crippen molar-refractivity contribution in [2.24, 2.45) is 5.73 Å². The molecule has 1 aromatic rings. The van der Waals surface area contributed by atoms with Gasteiger partial charge in [-0.1, -0.05) is 13.3 Å². The van der Waals surface area contributed by atoms with Crippen molar-refractivity contribution in [3.63, 3.8) is 0 Å². The monoisotopic (exact) mass is 222 g/mol. The first-order valence-electron chi connectivity index (χ1n) is 5.39. The second kappa shape index (κ2) is 5.44. The SMILES string of the molecule is CCCC(C)Oc1nc(C)cc(C(=N)N)n1. The van der Waals surface area contributed by atoms with Crippen molar-refractivity contribution in [1.29, 1.82) is 5.41 Å². The van der Waals surface area contributed by atoms with Gasteiger partial charge in [-0.05, 0) is 26.3 Å². The lowest BCUT2D eigenvalue weighted by Crippen LogP contribution is -2.17. The average molecular weight is 222 g/mol. The molecular formula is C11H18N4O. The molecule has 16 heavy (non-hydrogen) atoms. The van der Waals surface area contributed by atoms with Crippen molar-refractivity contribution >= 4 is 5.84 Å². The van der Waals surface area contributed by atoms with Crippen LogP contribution in [0.15, 0.2) is 6.07 Å². The Bertz CT molecular complexity index is 378. The molecule has 0 spiro atoms. The third-order valence-electron chi connectivity index (χ3n) is 2.11. The number of nitrogen functional groups attached to an aromatic ring is 1. The van der Waals surface area contributed by atoms with Gasteiger partial charge in [0.1, 0.15) is 11.5 Å². The van der Waals surface area contributed by atoms with Gasteiger partial charge in [-0.15, -0.1) is 0 Å². The topological polar surface area (TPSA) is 84.9 Å². The van der Waals surface area contributed by atoms with Crippen molar-refractivity contribution in [3.8, 4) is 6.01 Å². The summed E-state index contributed by atoms with van der Waals surface area (Å²) >= 11 is 0. The zero-order valence-electron chi connectivity index (χ0n) is 9.95. The highest BCUT2D eigenvalue weighted by Gasteiger charge is 2.08. The first kappa shape index (κ1) is 12.4. The molecule has 5 nitrogen and oxygen atoms in total. The Labute approximate surface area is 95.6 Å². The minimum absolute atomic E-state index is 0.0708. The smallest absolute Gasteiger partial charge is 0.317 e. The zero-order chi connectivity index (χ0) is 12.1. The number of rotatable bonds is 5. The molecule has 0 amide bonds. The number of ether oxygens (including phenoxy) is 1. The fraction of sp³-hybridized carbons (Fsp3) is 0.545. The predicted molar refractivity (Wildman–Crippen MR) is 62.8 cm³/mol. The van der Waals surface area contributed by atoms with Gasteiger partial charge in [-0.3, -0.25) is 5.41 Å². The summed E-state index contributed by atoms with van der Waals surface area (Å²) in [5, 5.41) is 7.32. The number of aryl methyl sites for hydroxylation is 1. The second-order valence-electron chi connectivity index (χ2n) is 3.81. The standard InChI is InChI=1S/C11H18N4O/c1-4-5-8(3)16-11-14-7(2)6-9(15-11)10(12)13/h6,8H,4-5H2,1-3H3,(H3,12,13). The van der Waals surface area contributed by atoms with E-state index in [1.54, 1.807) is 6.07 Å². The number of nitrogens with one attached hydrogen (secondary N) is 1. The van der Waals surface area contributed by atoms with E-state index in [-0.39, 0.29) is 11.9 Å². The van der Waals surface area contributed by atoms with E-state index in [1.807, 2.05) is 13.8 Å². The van der Waals surface area contributed by atoms with E-state index in [2.05, 4.69) is 16.9 Å². The van der Waals surface area contributed by atoms with Crippen molar-refractivity contribution in [3.05, 3.63) is 17.5 Å². The molecule has 1 heterocycles. The van der Waals surface area contributed by atoms with Crippen LogP contribution in [0.5, 0.6) is 6.01 Å². The van der Waals surface area contributed by atoms with Crippen LogP contribution >= 0.6 is 0 Å². The van der Waals surface area contributed by atoms with Crippen LogP contribution in [0.3, 0.4) is 0 Å². The largest absolute Gasteiger partial charge is 0.460 e. The summed E-state index contributed by atoms with van der Waals surface area (Å²) in [5.74, 6) is -0.0708. The molecule has 0 saturated heterocycles. The van der Waals surface area contributed by atoms with Crippen LogP contribution in [0.1, 0.15) is 38.1 Å². The van der Waals surface area contributed by atoms with Gasteiger partial charge in [-0.25, -0.2) is 4.98 Å². The highest BCUT2D eigenvalue weighted by Crippen LogP contribution is 2.10. The van der Waals surface area contributed by atoms with E-state index in [9.17, 15) is 0 Å². The Hall–Kier alpha value is -1.65. The fourth-order valence-electron chi connectivity index (χ4n) is 1.38. The molecule has 0 aliphatic rings. The summed E-state index contributed by atoms with van der Waals surface area (Å²) in [5.41, 5.74) is 6.54. The lowest BCUT2D eigenvalue weighted by atomic mass is 10.2. The van der Waals surface area contributed by atoms with Gasteiger partial charge < -0.3 is 10.5 Å². The van der Waals surface area contributed by atoms with Crippen LogP contribution in [0.4, 0.5) is 0 Å². The van der Waals surface area contributed by atoms with Gasteiger partial charge >= 0.3 is 6.01 Å². The van der Waals surface area contributed by atoms with Gasteiger partial charge in [0.15, 0.2) is 0 Å². The molecule has 1 unspecified atom stereocenters. The molecule has 0 aliphatic carbocycles. The van der Waals surface area contributed by atoms with Crippen LogP contribution in [0.25, 0.3) is 0 Å². The van der Waals surface area contributed by atoms with Gasteiger partial charge in [-0.2, -0.15) is 4.98 Å². The van der Waals surface area contributed by atoms with Crippen molar-refractivity contribution in [1.82, 2.24) is 9.97 Å². The lowest BCUT2D eigenvalue weighted by Gasteiger charge is -2.12. The molecule has 0 saturated carbocycles. The normalized spacial score (nSPS) is 12.2. The third kappa shape index (κ3) is 3.49. The molecule has 3 N–H and O–H groups in total. The summed E-state index contributed by atoms with van der Waals surface area (Å²) in [7, 11) is 0. The minimum Gasteiger partial charge on any atom is -0.460 e. The highest BCUT2D eigenvalue weighted by molar-refractivity contribution is 5.93. The summed E-state index contributed by atoms with van der Waals surface area (Å²) in [4.78, 5) is 8.23. The van der Waals surface area contributed by atoms with E-state index in [1.165, 1.54) is 0 Å². The van der Waals surface area contributed by atoms with E-state index in [4.69, 9.17) is 15.9 Å². The molecule has 0 bridgehead atoms. The summed E-state index contributed by atoms with van der Waals surface area (Å²) in [6.45, 7) is 5.89. The molecule has 1 rings (SSSR count). The van der Waals surface area contributed by atoms with Crippen LogP contribution in [0, 0.1) is 12.3 Å². The molecule has 1 atom stereocenters. The van der Waals surface area contributed by atoms with E-state index in [0.717, 1.165) is 18.5 Å². The molecular weight excluding hydrogens is 204 g/mol. The van der Waals surface area contributed by atoms with Crippen LogP contribution in [-0.4, -0.2) is 21.9 Å². The Kier molecular flexibility index (Phi) is 4.22. The first-order valence-corrected chi connectivity index (χ1v) is 5.39. The highest BCUT2D eigenvalue weighted by atomic mass is 16.5. The molecule has 0 aromatic carbocycles. The van der Waals surface area contributed by atoms with Gasteiger partial charge in [0, 0.05) is 5.69 Å². The number of hydrogen-bond donors (Lipinski definition) is 2. The Morgan fingerprint density at radius 2 is 2.25 bits per heavy atom. The van der Waals surface area contributed by atoms with Crippen LogP contribution < -0.4 is 10.5 Å². The van der Waals surface area contributed by atoms with Gasteiger partial charge in [0.2, 0.25) is 0 Å². The maximum atomic E-state index is 7.32. The first-order chi connectivity index (χ1) is 7.52. The lowest BCUT2D eigenvalue weighted by molar-refractivity contribution is 0.192. The summed E-state index contributed by atoms with van der Waals surface area (Å²) in [6.07, 6.45) is 2.07. The Balaban J connectivity index is 2.84. The van der Waals surface area contributed by atoms with Crippen molar-refractivity contribution in [2.75, 3.05) is 0 Å². The van der Waals surface area contributed by atoms with E-state index >= 15 is 0 Å². The van der Waals surface area contributed by atoms with Gasteiger partial charge in [0.25, 0.3) is 0 Å². The molecule has 88 valence electrons. The maximum absolute atomic E-state index is 7.32. The number of nitrogens with two attached hydrogens (primary N) is 1. The predicted octanol–water partition coefficient (Wildman–Crippen LogP) is 1.64. The molecule has 0 radical (unpaired) electrons. The molecule has 0 fully saturated rings. The third-order valence-corrected chi connectivity index (χ3v) is 2.11. The number of aromatic nitrogens is 2. The summed E-state index contributed by atoms with van der Waals surface area (Å²) in [6, 6.07) is 1.96. The van der Waals surface area contributed by atoms with Crippen LogP contribution in [0.2, 0.25) is 0 Å². The van der Waals surface area contributed by atoms with Crippen molar-refractivity contribution in [2.45, 2.75) is 39.7 Å². The number of amidine groups is 1. The molecule has 5 heteroatoms. The Morgan fingerprint density at radius 3 is 2.81 bits per heavy atom. The summed E-state index contributed by atoms with van der Waals surface area (Å²) < 4.78 is 5.55. The number of nitrogens with zero attached hydrogens (tertiary/aromatic N) is 2. The Morgan fingerprint density at radius 1 is 1.56 bits per heavy atom. The minimum atomic E-state index is -0.0708. The average Bonchev–Trinajstić information content (AvgIpc) is 2.16. The van der Waals surface area contributed by atoms with E-state index in [0.29, 0.717) is 11.7 Å². The molecule has 0 aliphatic heterocycles. The molecule has 1 aromatic heterocycles. The van der Waals surface area contributed by atoms with Crippen LogP contribution in [-0.2, 0) is 0 Å². The van der Waals surface area contributed by atoms with Gasteiger partial charge in [0.05, 0.1) is 6.10 Å². The quantitative estimate of drug-likeness (QED) is 0.585. The number of hydrogen-bond acceptors (Lipinski definition) is 4.